The van der Waals surface area contributed by atoms with Crippen LogP contribution in [0.4, 0.5) is 11.4 Å². The van der Waals surface area contributed by atoms with Crippen LogP contribution >= 0.6 is 0 Å². The van der Waals surface area contributed by atoms with Gasteiger partial charge in [-0.15, -0.1) is 0 Å². The van der Waals surface area contributed by atoms with Crippen LogP contribution in [0.1, 0.15) is 0 Å². The number of fused-ring (bicyclic) bond motifs is 3. The van der Waals surface area contributed by atoms with Crippen molar-refractivity contribution in [2.24, 2.45) is 0 Å². The molecular weight excluding hydrogens is 196 g/mol. The highest BCUT2D eigenvalue weighted by atomic mass is 14.6. The zero-order valence-corrected chi connectivity index (χ0v) is 8.77. The van der Waals surface area contributed by atoms with Crippen LogP contribution in [0.5, 0.6) is 0 Å². The van der Waals surface area contributed by atoms with E-state index in [1.165, 1.54) is 10.8 Å². The van der Waals surface area contributed by atoms with Crippen LogP contribution in [0.25, 0.3) is 21.5 Å². The smallest absolute Gasteiger partial charge is 0.0400 e. The summed E-state index contributed by atoms with van der Waals surface area (Å²) < 4.78 is 0. The van der Waals surface area contributed by atoms with Gasteiger partial charge in [0, 0.05) is 16.8 Å². The van der Waals surface area contributed by atoms with Crippen LogP contribution in [0.15, 0.2) is 48.5 Å². The first kappa shape index (κ1) is 9.04. The van der Waals surface area contributed by atoms with Gasteiger partial charge in [0.1, 0.15) is 0 Å². The fraction of sp³-hybridized carbons (Fsp3) is 0. The van der Waals surface area contributed by atoms with Gasteiger partial charge in [0.15, 0.2) is 0 Å². The molecule has 16 heavy (non-hydrogen) atoms. The van der Waals surface area contributed by atoms with Crippen LogP contribution in [0.2, 0.25) is 0 Å². The molecule has 2 nitrogen and oxygen atoms in total. The summed E-state index contributed by atoms with van der Waals surface area (Å²) in [6.45, 7) is 0. The molecule has 3 rings (SSSR count). The first-order chi connectivity index (χ1) is 7.75. The minimum Gasteiger partial charge on any atom is -0.399 e. The summed E-state index contributed by atoms with van der Waals surface area (Å²) in [4.78, 5) is 0. The van der Waals surface area contributed by atoms with Crippen molar-refractivity contribution >= 4 is 32.9 Å². The lowest BCUT2D eigenvalue weighted by molar-refractivity contribution is 1.73. The number of hydrogen-bond donors (Lipinski definition) is 2. The Morgan fingerprint density at radius 3 is 2.25 bits per heavy atom. The number of nitrogen functional groups attached to an aromatic ring is 2. The van der Waals surface area contributed by atoms with E-state index in [9.17, 15) is 0 Å². The Balaban J connectivity index is 2.59. The molecule has 0 aliphatic carbocycles. The van der Waals surface area contributed by atoms with Gasteiger partial charge in [-0.05, 0) is 34.4 Å². The predicted molar refractivity (Wildman–Crippen MR) is 70.3 cm³/mol. The van der Waals surface area contributed by atoms with Gasteiger partial charge in [0.05, 0.1) is 0 Å². The van der Waals surface area contributed by atoms with Crippen molar-refractivity contribution in [3.63, 3.8) is 0 Å². The van der Waals surface area contributed by atoms with Crippen LogP contribution in [-0.2, 0) is 0 Å². The monoisotopic (exact) mass is 208 g/mol. The standard InChI is InChI=1S/C14H12N2/c15-10-5-6-11-9(7-10)8-14(16)13-4-2-1-3-12(11)13/h1-8H,15-16H2. The van der Waals surface area contributed by atoms with E-state index in [-0.39, 0.29) is 0 Å². The zero-order valence-electron chi connectivity index (χ0n) is 8.77. The van der Waals surface area contributed by atoms with Crippen molar-refractivity contribution in [2.75, 3.05) is 11.5 Å². The lowest BCUT2D eigenvalue weighted by atomic mass is 10.0. The van der Waals surface area contributed by atoms with Crippen LogP contribution in [0, 0.1) is 0 Å². The Morgan fingerprint density at radius 1 is 0.688 bits per heavy atom. The normalized spacial score (nSPS) is 11.0. The second kappa shape index (κ2) is 3.14. The number of rotatable bonds is 0. The van der Waals surface area contributed by atoms with E-state index in [1.54, 1.807) is 0 Å². The third kappa shape index (κ3) is 1.20. The van der Waals surface area contributed by atoms with E-state index in [0.29, 0.717) is 0 Å². The van der Waals surface area contributed by atoms with E-state index in [4.69, 9.17) is 11.5 Å². The maximum atomic E-state index is 6.03. The zero-order chi connectivity index (χ0) is 11.1. The third-order valence-electron chi connectivity index (χ3n) is 2.91. The molecular formula is C14H12N2. The number of anilines is 2. The second-order valence-corrected chi connectivity index (χ2v) is 3.99. The van der Waals surface area contributed by atoms with Crippen LogP contribution < -0.4 is 11.5 Å². The van der Waals surface area contributed by atoms with Gasteiger partial charge in [-0.25, -0.2) is 0 Å². The topological polar surface area (TPSA) is 52.0 Å². The molecule has 78 valence electrons. The average molecular weight is 208 g/mol. The Morgan fingerprint density at radius 2 is 1.44 bits per heavy atom. The molecule has 0 fully saturated rings. The molecule has 0 heterocycles. The summed E-state index contributed by atoms with van der Waals surface area (Å²) >= 11 is 0. The van der Waals surface area contributed by atoms with Gasteiger partial charge in [0.2, 0.25) is 0 Å². The van der Waals surface area contributed by atoms with Crippen molar-refractivity contribution in [1.29, 1.82) is 0 Å². The van der Waals surface area contributed by atoms with Crippen molar-refractivity contribution in [3.05, 3.63) is 48.5 Å². The molecule has 0 radical (unpaired) electrons. The van der Waals surface area contributed by atoms with Crippen LogP contribution in [-0.4, -0.2) is 0 Å². The minimum atomic E-state index is 0.766. The number of nitrogens with two attached hydrogens (primary N) is 2. The van der Waals surface area contributed by atoms with Gasteiger partial charge in [-0.1, -0.05) is 30.3 Å². The van der Waals surface area contributed by atoms with E-state index in [0.717, 1.165) is 22.1 Å². The molecule has 0 spiro atoms. The SMILES string of the molecule is Nc1ccc2c(c1)cc(N)c1ccccc12. The van der Waals surface area contributed by atoms with Crippen LogP contribution in [0.3, 0.4) is 0 Å². The molecule has 0 aliphatic rings. The number of hydrogen-bond acceptors (Lipinski definition) is 2. The molecule has 0 bridgehead atoms. The molecule has 0 saturated carbocycles. The molecule has 3 aromatic rings. The molecule has 4 N–H and O–H groups in total. The number of benzene rings is 3. The fourth-order valence-electron chi connectivity index (χ4n) is 2.16. The summed E-state index contributed by atoms with van der Waals surface area (Å²) in [7, 11) is 0. The molecule has 2 heteroatoms. The highest BCUT2D eigenvalue weighted by molar-refractivity contribution is 6.12. The van der Waals surface area contributed by atoms with Gasteiger partial charge in [-0.2, -0.15) is 0 Å². The Bertz CT molecular complexity index is 687. The highest BCUT2D eigenvalue weighted by Crippen LogP contribution is 2.30. The Kier molecular flexibility index (Phi) is 1.77. The quantitative estimate of drug-likeness (QED) is 0.440. The maximum absolute atomic E-state index is 6.03. The first-order valence-electron chi connectivity index (χ1n) is 5.22. The lowest BCUT2D eigenvalue weighted by Gasteiger charge is -2.07. The fourth-order valence-corrected chi connectivity index (χ4v) is 2.16. The van der Waals surface area contributed by atoms with Crippen molar-refractivity contribution in [3.8, 4) is 0 Å². The molecule has 3 aromatic carbocycles. The van der Waals surface area contributed by atoms with E-state index in [1.807, 2.05) is 42.5 Å². The third-order valence-corrected chi connectivity index (χ3v) is 2.91. The van der Waals surface area contributed by atoms with Gasteiger partial charge < -0.3 is 11.5 Å². The van der Waals surface area contributed by atoms with Gasteiger partial charge in [0.25, 0.3) is 0 Å². The second-order valence-electron chi connectivity index (χ2n) is 3.99. The van der Waals surface area contributed by atoms with Crippen molar-refractivity contribution in [1.82, 2.24) is 0 Å². The van der Waals surface area contributed by atoms with Crippen molar-refractivity contribution in [2.45, 2.75) is 0 Å². The van der Waals surface area contributed by atoms with Gasteiger partial charge >= 0.3 is 0 Å². The van der Waals surface area contributed by atoms with E-state index < -0.39 is 0 Å². The molecule has 0 aliphatic heterocycles. The van der Waals surface area contributed by atoms with E-state index >= 15 is 0 Å². The summed E-state index contributed by atoms with van der Waals surface area (Å²) in [6, 6.07) is 16.1. The summed E-state index contributed by atoms with van der Waals surface area (Å²) in [5.41, 5.74) is 13.4. The maximum Gasteiger partial charge on any atom is 0.0400 e. The molecule has 0 unspecified atom stereocenters. The summed E-state index contributed by atoms with van der Waals surface area (Å²) in [6.07, 6.45) is 0. The summed E-state index contributed by atoms with van der Waals surface area (Å²) in [5, 5.41) is 4.56. The van der Waals surface area contributed by atoms with Gasteiger partial charge in [-0.3, -0.25) is 0 Å². The Hall–Kier alpha value is -2.22. The lowest BCUT2D eigenvalue weighted by Crippen LogP contribution is -1.89. The highest BCUT2D eigenvalue weighted by Gasteiger charge is 2.03. The summed E-state index contributed by atoms with van der Waals surface area (Å²) in [5.74, 6) is 0. The average Bonchev–Trinajstić information content (AvgIpc) is 2.29. The molecule has 0 aromatic heterocycles. The predicted octanol–water partition coefficient (Wildman–Crippen LogP) is 3.16. The molecule has 0 saturated heterocycles. The van der Waals surface area contributed by atoms with E-state index in [2.05, 4.69) is 6.07 Å². The van der Waals surface area contributed by atoms with Crippen molar-refractivity contribution < 1.29 is 0 Å². The molecule has 0 amide bonds. The minimum absolute atomic E-state index is 0.766. The Labute approximate surface area is 93.5 Å². The largest absolute Gasteiger partial charge is 0.399 e. The molecule has 0 atom stereocenters. The first-order valence-corrected chi connectivity index (χ1v) is 5.22.